The standard InChI is InChI=1S/C10H19N3S/c1-8(9(11)14)13-4-3-10(7-13)5-12(2)6-10/h8H,3-7H2,1-2H3,(H2,11,14). The van der Waals surface area contributed by atoms with Gasteiger partial charge < -0.3 is 10.6 Å². The van der Waals surface area contributed by atoms with Gasteiger partial charge in [0.25, 0.3) is 0 Å². The number of likely N-dealkylation sites (tertiary alicyclic amines) is 2. The van der Waals surface area contributed by atoms with Gasteiger partial charge in [-0.15, -0.1) is 0 Å². The van der Waals surface area contributed by atoms with Gasteiger partial charge in [-0.1, -0.05) is 12.2 Å². The third kappa shape index (κ3) is 1.66. The number of rotatable bonds is 2. The predicted octanol–water partition coefficient (Wildman–Crippen LogP) is 0.298. The summed E-state index contributed by atoms with van der Waals surface area (Å²) in [5.74, 6) is 0. The van der Waals surface area contributed by atoms with E-state index in [0.29, 0.717) is 10.4 Å². The smallest absolute Gasteiger partial charge is 0.0899 e. The highest BCUT2D eigenvalue weighted by atomic mass is 32.1. The molecule has 2 aliphatic heterocycles. The van der Waals surface area contributed by atoms with Crippen molar-refractivity contribution < 1.29 is 0 Å². The number of hydrogen-bond donors (Lipinski definition) is 1. The highest BCUT2D eigenvalue weighted by molar-refractivity contribution is 7.80. The molecule has 1 atom stereocenters. The first-order valence-electron chi connectivity index (χ1n) is 5.24. The molecule has 80 valence electrons. The molecule has 0 aromatic heterocycles. The van der Waals surface area contributed by atoms with E-state index in [1.807, 2.05) is 0 Å². The van der Waals surface area contributed by atoms with Crippen LogP contribution in [-0.2, 0) is 0 Å². The number of nitrogens with zero attached hydrogens (tertiary/aromatic N) is 2. The van der Waals surface area contributed by atoms with Gasteiger partial charge in [0.15, 0.2) is 0 Å². The van der Waals surface area contributed by atoms with Gasteiger partial charge in [-0.3, -0.25) is 4.90 Å². The summed E-state index contributed by atoms with van der Waals surface area (Å²) < 4.78 is 0. The van der Waals surface area contributed by atoms with Gasteiger partial charge in [-0.25, -0.2) is 0 Å². The van der Waals surface area contributed by atoms with Crippen molar-refractivity contribution in [3.8, 4) is 0 Å². The lowest BCUT2D eigenvalue weighted by Gasteiger charge is -2.46. The van der Waals surface area contributed by atoms with Gasteiger partial charge in [0, 0.05) is 25.0 Å². The number of thiocarbonyl (C=S) groups is 1. The zero-order chi connectivity index (χ0) is 10.3. The third-order valence-electron chi connectivity index (χ3n) is 3.64. The molecule has 3 nitrogen and oxygen atoms in total. The topological polar surface area (TPSA) is 32.5 Å². The van der Waals surface area contributed by atoms with Crippen molar-refractivity contribution in [2.45, 2.75) is 19.4 Å². The molecule has 0 bridgehead atoms. The van der Waals surface area contributed by atoms with Crippen LogP contribution in [0.5, 0.6) is 0 Å². The Morgan fingerprint density at radius 2 is 2.07 bits per heavy atom. The van der Waals surface area contributed by atoms with E-state index in [-0.39, 0.29) is 6.04 Å². The lowest BCUT2D eigenvalue weighted by atomic mass is 9.79. The van der Waals surface area contributed by atoms with E-state index in [1.54, 1.807) is 0 Å². The van der Waals surface area contributed by atoms with Crippen molar-refractivity contribution in [3.05, 3.63) is 0 Å². The first kappa shape index (κ1) is 10.3. The fraction of sp³-hybridized carbons (Fsp3) is 0.900. The Labute approximate surface area is 91.2 Å². The molecule has 0 aromatic carbocycles. The molecule has 0 radical (unpaired) electrons. The van der Waals surface area contributed by atoms with Crippen molar-refractivity contribution in [1.29, 1.82) is 0 Å². The van der Waals surface area contributed by atoms with Crippen molar-refractivity contribution in [1.82, 2.24) is 9.80 Å². The zero-order valence-electron chi connectivity index (χ0n) is 8.99. The fourth-order valence-electron chi connectivity index (χ4n) is 2.84. The molecule has 2 saturated heterocycles. The number of hydrogen-bond acceptors (Lipinski definition) is 3. The maximum Gasteiger partial charge on any atom is 0.0899 e. The average Bonchev–Trinajstić information content (AvgIpc) is 2.47. The Bertz CT molecular complexity index is 248. The molecule has 14 heavy (non-hydrogen) atoms. The average molecular weight is 213 g/mol. The van der Waals surface area contributed by atoms with Crippen LogP contribution < -0.4 is 5.73 Å². The molecule has 2 rings (SSSR count). The molecule has 0 amide bonds. The summed E-state index contributed by atoms with van der Waals surface area (Å²) in [6.45, 7) is 6.94. The molecular formula is C10H19N3S. The van der Waals surface area contributed by atoms with E-state index in [2.05, 4.69) is 23.8 Å². The Morgan fingerprint density at radius 3 is 2.57 bits per heavy atom. The van der Waals surface area contributed by atoms with Crippen LogP contribution >= 0.6 is 12.2 Å². The normalized spacial score (nSPS) is 29.0. The minimum atomic E-state index is 0.273. The Hall–Kier alpha value is -0.190. The first-order chi connectivity index (χ1) is 6.52. The van der Waals surface area contributed by atoms with E-state index < -0.39 is 0 Å². The summed E-state index contributed by atoms with van der Waals surface area (Å²) in [6, 6.07) is 0.273. The van der Waals surface area contributed by atoms with E-state index in [9.17, 15) is 0 Å². The maximum absolute atomic E-state index is 5.67. The second kappa shape index (κ2) is 3.43. The quantitative estimate of drug-likeness (QED) is 0.669. The van der Waals surface area contributed by atoms with Crippen molar-refractivity contribution in [3.63, 3.8) is 0 Å². The van der Waals surface area contributed by atoms with E-state index >= 15 is 0 Å². The van der Waals surface area contributed by atoms with Crippen molar-refractivity contribution in [2.24, 2.45) is 11.1 Å². The zero-order valence-corrected chi connectivity index (χ0v) is 9.81. The van der Waals surface area contributed by atoms with Gasteiger partial charge in [0.05, 0.1) is 11.0 Å². The second-order valence-electron chi connectivity index (χ2n) is 4.97. The van der Waals surface area contributed by atoms with Crippen LogP contribution in [0.1, 0.15) is 13.3 Å². The summed E-state index contributed by atoms with van der Waals surface area (Å²) in [4.78, 5) is 5.44. The molecule has 1 spiro atoms. The predicted molar refractivity (Wildman–Crippen MR) is 62.4 cm³/mol. The van der Waals surface area contributed by atoms with Gasteiger partial charge in [0.2, 0.25) is 0 Å². The highest BCUT2D eigenvalue weighted by Crippen LogP contribution is 2.39. The van der Waals surface area contributed by atoms with Crippen molar-refractivity contribution >= 4 is 17.2 Å². The summed E-state index contributed by atoms with van der Waals surface area (Å²) in [5.41, 5.74) is 6.23. The van der Waals surface area contributed by atoms with Gasteiger partial charge in [-0.05, 0) is 26.9 Å². The molecule has 4 heteroatoms. The van der Waals surface area contributed by atoms with E-state index in [1.165, 1.54) is 26.1 Å². The van der Waals surface area contributed by atoms with Crippen LogP contribution in [0.15, 0.2) is 0 Å². The minimum Gasteiger partial charge on any atom is -0.392 e. The fourth-order valence-corrected chi connectivity index (χ4v) is 2.99. The van der Waals surface area contributed by atoms with Crippen LogP contribution in [0.2, 0.25) is 0 Å². The second-order valence-corrected chi connectivity index (χ2v) is 5.44. The molecule has 2 heterocycles. The van der Waals surface area contributed by atoms with Crippen molar-refractivity contribution in [2.75, 3.05) is 33.2 Å². The van der Waals surface area contributed by atoms with Gasteiger partial charge in [-0.2, -0.15) is 0 Å². The SMILES string of the molecule is CC(C(N)=S)N1CCC2(CN(C)C2)C1. The number of nitrogens with two attached hydrogens (primary N) is 1. The lowest BCUT2D eigenvalue weighted by Crippen LogP contribution is -2.56. The highest BCUT2D eigenvalue weighted by Gasteiger charge is 2.46. The molecule has 1 unspecified atom stereocenters. The molecule has 2 fully saturated rings. The Morgan fingerprint density at radius 1 is 1.43 bits per heavy atom. The van der Waals surface area contributed by atoms with Crippen LogP contribution in [0, 0.1) is 5.41 Å². The Balaban J connectivity index is 1.92. The summed E-state index contributed by atoms with van der Waals surface area (Å²) in [6.07, 6.45) is 1.31. The minimum absolute atomic E-state index is 0.273. The molecule has 0 aliphatic carbocycles. The first-order valence-corrected chi connectivity index (χ1v) is 5.65. The Kier molecular flexibility index (Phi) is 2.53. The largest absolute Gasteiger partial charge is 0.392 e. The van der Waals surface area contributed by atoms with Gasteiger partial charge >= 0.3 is 0 Å². The molecular weight excluding hydrogens is 194 g/mol. The molecule has 0 saturated carbocycles. The summed E-state index contributed by atoms with van der Waals surface area (Å²) >= 11 is 5.03. The van der Waals surface area contributed by atoms with Crippen LogP contribution in [0.3, 0.4) is 0 Å². The maximum atomic E-state index is 5.67. The van der Waals surface area contributed by atoms with E-state index in [0.717, 1.165) is 6.54 Å². The molecule has 0 aromatic rings. The summed E-state index contributed by atoms with van der Waals surface area (Å²) in [7, 11) is 2.19. The van der Waals surface area contributed by atoms with Crippen LogP contribution in [0.25, 0.3) is 0 Å². The lowest BCUT2D eigenvalue weighted by molar-refractivity contribution is 0.0297. The van der Waals surface area contributed by atoms with Crippen LogP contribution in [0.4, 0.5) is 0 Å². The monoisotopic (exact) mass is 213 g/mol. The molecule has 2 aliphatic rings. The molecule has 2 N–H and O–H groups in total. The van der Waals surface area contributed by atoms with Crippen LogP contribution in [-0.4, -0.2) is 54.1 Å². The van der Waals surface area contributed by atoms with Gasteiger partial charge in [0.1, 0.15) is 0 Å². The third-order valence-corrected chi connectivity index (χ3v) is 3.98. The summed E-state index contributed by atoms with van der Waals surface area (Å²) in [5, 5.41) is 0. The van der Waals surface area contributed by atoms with E-state index in [4.69, 9.17) is 18.0 Å².